The Bertz CT molecular complexity index is 3230. The molecule has 3 aromatic heterocycles. The van der Waals surface area contributed by atoms with Crippen LogP contribution in [-0.4, -0.2) is 15.0 Å². The molecule has 0 aliphatic rings. The monoisotopic (exact) mass is 733 g/mol. The molecule has 0 radical (unpaired) electrons. The van der Waals surface area contributed by atoms with Gasteiger partial charge in [-0.15, -0.1) is 11.3 Å². The molecule has 3 heterocycles. The van der Waals surface area contributed by atoms with Crippen molar-refractivity contribution in [1.29, 1.82) is 0 Å². The van der Waals surface area contributed by atoms with Crippen molar-refractivity contribution in [3.8, 4) is 67.5 Å². The highest BCUT2D eigenvalue weighted by molar-refractivity contribution is 7.26. The van der Waals surface area contributed by atoms with E-state index in [1.165, 1.54) is 21.0 Å². The van der Waals surface area contributed by atoms with Gasteiger partial charge in [0.2, 0.25) is 0 Å². The number of rotatable bonds is 6. The van der Waals surface area contributed by atoms with Gasteiger partial charge in [-0.05, 0) is 58.1 Å². The average molecular weight is 734 g/mol. The van der Waals surface area contributed by atoms with E-state index in [2.05, 4.69) is 152 Å². The number of aromatic nitrogens is 3. The van der Waals surface area contributed by atoms with Gasteiger partial charge in [0, 0.05) is 53.2 Å². The maximum absolute atomic E-state index is 6.60. The van der Waals surface area contributed by atoms with Gasteiger partial charge in [0.15, 0.2) is 17.5 Å². The summed E-state index contributed by atoms with van der Waals surface area (Å²) in [6, 6.07) is 65.6. The molecule has 0 unspecified atom stereocenters. The van der Waals surface area contributed by atoms with Gasteiger partial charge in [0.25, 0.3) is 0 Å². The third-order valence-electron chi connectivity index (χ3n) is 10.6. The molecule has 8 aromatic carbocycles. The zero-order chi connectivity index (χ0) is 37.0. The highest BCUT2D eigenvalue weighted by atomic mass is 32.1. The van der Waals surface area contributed by atoms with Crippen molar-refractivity contribution in [3.63, 3.8) is 0 Å². The predicted molar refractivity (Wildman–Crippen MR) is 233 cm³/mol. The van der Waals surface area contributed by atoms with Crippen molar-refractivity contribution in [2.75, 3.05) is 0 Å². The lowest BCUT2D eigenvalue weighted by Gasteiger charge is -2.10. The first-order chi connectivity index (χ1) is 27.7. The van der Waals surface area contributed by atoms with Crippen LogP contribution in [0.15, 0.2) is 192 Å². The van der Waals surface area contributed by atoms with Gasteiger partial charge in [-0.2, -0.15) is 0 Å². The molecule has 11 rings (SSSR count). The Morgan fingerprint density at radius 1 is 0.357 bits per heavy atom. The van der Waals surface area contributed by atoms with E-state index >= 15 is 0 Å². The fraction of sp³-hybridized carbons (Fsp3) is 0. The Kier molecular flexibility index (Phi) is 7.64. The van der Waals surface area contributed by atoms with Crippen molar-refractivity contribution < 1.29 is 4.42 Å². The molecular formula is C51H31N3OS. The van der Waals surface area contributed by atoms with Gasteiger partial charge in [-0.3, -0.25) is 0 Å². The minimum Gasteiger partial charge on any atom is -0.455 e. The third kappa shape index (κ3) is 5.48. The quantitative estimate of drug-likeness (QED) is 0.171. The van der Waals surface area contributed by atoms with E-state index < -0.39 is 0 Å². The standard InChI is InChI=1S/C51H31N3OS/c1-4-13-32(14-5-1)33-23-25-36(26-24-33)50-52-49(35-17-8-3-9-18-35)53-51(54-50)42-21-12-20-40-43-31-37(27-30-45(43)56-48(40)42)38-28-29-39(34-15-6-2-7-16-34)47-46(38)41-19-10-11-22-44(41)55-47/h1-31H. The summed E-state index contributed by atoms with van der Waals surface area (Å²) in [4.78, 5) is 15.3. The van der Waals surface area contributed by atoms with Crippen LogP contribution >= 0.6 is 11.3 Å². The molecule has 0 atom stereocenters. The maximum Gasteiger partial charge on any atom is 0.165 e. The van der Waals surface area contributed by atoms with E-state index in [0.29, 0.717) is 17.5 Å². The van der Waals surface area contributed by atoms with Crippen molar-refractivity contribution in [3.05, 3.63) is 188 Å². The van der Waals surface area contributed by atoms with E-state index in [1.807, 2.05) is 36.4 Å². The first-order valence-corrected chi connectivity index (χ1v) is 19.5. The average Bonchev–Trinajstić information content (AvgIpc) is 3.86. The summed E-state index contributed by atoms with van der Waals surface area (Å²) in [5.74, 6) is 1.94. The summed E-state index contributed by atoms with van der Waals surface area (Å²) in [6.45, 7) is 0. The second-order valence-electron chi connectivity index (χ2n) is 13.9. The molecule has 0 amide bonds. The largest absolute Gasteiger partial charge is 0.455 e. The van der Waals surface area contributed by atoms with Crippen molar-refractivity contribution >= 4 is 53.4 Å². The number of hydrogen-bond acceptors (Lipinski definition) is 5. The van der Waals surface area contributed by atoms with Crippen molar-refractivity contribution in [2.45, 2.75) is 0 Å². The zero-order valence-corrected chi connectivity index (χ0v) is 30.9. The molecule has 0 saturated carbocycles. The molecule has 0 aliphatic carbocycles. The lowest BCUT2D eigenvalue weighted by molar-refractivity contribution is 0.670. The molecule has 0 saturated heterocycles. The smallest absolute Gasteiger partial charge is 0.165 e. The van der Waals surface area contributed by atoms with E-state index in [-0.39, 0.29) is 0 Å². The molecule has 56 heavy (non-hydrogen) atoms. The second-order valence-corrected chi connectivity index (χ2v) is 15.0. The fourth-order valence-corrected chi connectivity index (χ4v) is 9.03. The van der Waals surface area contributed by atoms with Crippen LogP contribution in [0.5, 0.6) is 0 Å². The summed E-state index contributed by atoms with van der Waals surface area (Å²) in [6.07, 6.45) is 0. The van der Waals surface area contributed by atoms with Crippen LogP contribution in [0.25, 0.3) is 110 Å². The Balaban J connectivity index is 1.06. The lowest BCUT2D eigenvalue weighted by Crippen LogP contribution is -2.00. The van der Waals surface area contributed by atoms with Crippen molar-refractivity contribution in [1.82, 2.24) is 15.0 Å². The number of fused-ring (bicyclic) bond motifs is 6. The summed E-state index contributed by atoms with van der Waals surface area (Å²) in [5.41, 5.74) is 11.5. The first-order valence-electron chi connectivity index (χ1n) is 18.7. The van der Waals surface area contributed by atoms with E-state index in [9.17, 15) is 0 Å². The summed E-state index contributed by atoms with van der Waals surface area (Å²) in [5, 5.41) is 4.62. The zero-order valence-electron chi connectivity index (χ0n) is 30.1. The summed E-state index contributed by atoms with van der Waals surface area (Å²) >= 11 is 1.78. The molecule has 0 bridgehead atoms. The number of benzene rings is 8. The van der Waals surface area contributed by atoms with Gasteiger partial charge < -0.3 is 4.42 Å². The van der Waals surface area contributed by atoms with Crippen LogP contribution in [-0.2, 0) is 0 Å². The third-order valence-corrected chi connectivity index (χ3v) is 11.8. The Morgan fingerprint density at radius 3 is 1.66 bits per heavy atom. The van der Waals surface area contributed by atoms with Gasteiger partial charge >= 0.3 is 0 Å². The van der Waals surface area contributed by atoms with Gasteiger partial charge in [-0.1, -0.05) is 158 Å². The molecule has 0 N–H and O–H groups in total. The molecule has 5 heteroatoms. The highest BCUT2D eigenvalue weighted by Gasteiger charge is 2.20. The first kappa shape index (κ1) is 32.2. The summed E-state index contributed by atoms with van der Waals surface area (Å²) in [7, 11) is 0. The van der Waals surface area contributed by atoms with Crippen LogP contribution < -0.4 is 0 Å². The lowest BCUT2D eigenvalue weighted by atomic mass is 9.94. The van der Waals surface area contributed by atoms with Gasteiger partial charge in [0.05, 0.1) is 0 Å². The molecule has 0 spiro atoms. The Morgan fingerprint density at radius 2 is 0.911 bits per heavy atom. The van der Waals surface area contributed by atoms with Crippen LogP contribution in [0, 0.1) is 0 Å². The number of para-hydroxylation sites is 1. The van der Waals surface area contributed by atoms with Gasteiger partial charge in [-0.25, -0.2) is 15.0 Å². The number of thiophene rings is 1. The van der Waals surface area contributed by atoms with Crippen molar-refractivity contribution in [2.24, 2.45) is 0 Å². The normalized spacial score (nSPS) is 11.6. The number of hydrogen-bond donors (Lipinski definition) is 0. The molecule has 11 aromatic rings. The van der Waals surface area contributed by atoms with E-state index in [1.54, 1.807) is 11.3 Å². The topological polar surface area (TPSA) is 51.8 Å². The minimum absolute atomic E-state index is 0.643. The van der Waals surface area contributed by atoms with E-state index in [4.69, 9.17) is 19.4 Å². The maximum atomic E-state index is 6.60. The molecule has 262 valence electrons. The molecule has 0 aliphatic heterocycles. The number of nitrogens with zero attached hydrogens (tertiary/aromatic N) is 3. The SMILES string of the molecule is c1ccc(-c2ccc(-c3nc(-c4ccccc4)nc(-c4cccc5c4sc4ccc(-c6ccc(-c7ccccc7)c7oc8ccccc8c67)cc45)n3)cc2)cc1. The Hall–Kier alpha value is -7.21. The fourth-order valence-electron chi connectivity index (χ4n) is 7.84. The molecule has 4 nitrogen and oxygen atoms in total. The van der Waals surface area contributed by atoms with Crippen LogP contribution in [0.4, 0.5) is 0 Å². The number of furan rings is 1. The molecular weight excluding hydrogens is 703 g/mol. The van der Waals surface area contributed by atoms with E-state index in [0.717, 1.165) is 71.1 Å². The highest BCUT2D eigenvalue weighted by Crippen LogP contribution is 2.45. The summed E-state index contributed by atoms with van der Waals surface area (Å²) < 4.78 is 8.95. The molecule has 0 fully saturated rings. The minimum atomic E-state index is 0.643. The van der Waals surface area contributed by atoms with Crippen LogP contribution in [0.1, 0.15) is 0 Å². The van der Waals surface area contributed by atoms with Gasteiger partial charge in [0.1, 0.15) is 11.2 Å². The second kappa shape index (κ2) is 13.3. The predicted octanol–water partition coefficient (Wildman–Crippen LogP) is 14.1. The van der Waals surface area contributed by atoms with Crippen LogP contribution in [0.3, 0.4) is 0 Å². The van der Waals surface area contributed by atoms with Crippen LogP contribution in [0.2, 0.25) is 0 Å². The Labute approximate surface area is 327 Å².